The molecule has 0 aromatic rings. The number of alkyl halides is 1. The van der Waals surface area contributed by atoms with E-state index < -0.39 is 6.16 Å². The molecule has 3 atom stereocenters. The molecule has 1 spiro atoms. The number of hydrogen-bond donors (Lipinski definition) is 0. The smallest absolute Gasteiger partial charge is 0.301 e. The third-order valence-corrected chi connectivity index (χ3v) is 2.49. The van der Waals surface area contributed by atoms with Crippen LogP contribution >= 0.6 is 15.9 Å². The van der Waals surface area contributed by atoms with E-state index in [1.165, 1.54) is 0 Å². The molecule has 0 amide bonds. The molecule has 2 saturated heterocycles. The van der Waals surface area contributed by atoms with E-state index in [1.54, 1.807) is 0 Å². The van der Waals surface area contributed by atoms with Crippen LogP contribution in [-0.4, -0.2) is 36.9 Å². The van der Waals surface area contributed by atoms with Crippen LogP contribution in [0.15, 0.2) is 0 Å². The second-order valence-electron chi connectivity index (χ2n) is 2.94. The van der Waals surface area contributed by atoms with Gasteiger partial charge in [0, 0.05) is 5.33 Å². The Kier molecular flexibility index (Phi) is 2.39. The van der Waals surface area contributed by atoms with E-state index in [0.29, 0.717) is 13.2 Å². The summed E-state index contributed by atoms with van der Waals surface area (Å²) in [5.74, 6) is 0. The summed E-state index contributed by atoms with van der Waals surface area (Å²) in [6.45, 7) is 2.95. The van der Waals surface area contributed by atoms with E-state index in [2.05, 4.69) is 15.9 Å². The minimum absolute atomic E-state index is 0.0234. The number of ether oxygens (including phenoxy) is 4. The Bertz CT molecular complexity index is 177. The number of hydrogen-bond acceptors (Lipinski definition) is 4. The van der Waals surface area contributed by atoms with Gasteiger partial charge in [0.2, 0.25) is 0 Å². The largest absolute Gasteiger partial charge is 0.413 e. The zero-order valence-corrected chi connectivity index (χ0v) is 8.37. The fraction of sp³-hybridized carbons (Fsp3) is 1.00. The highest BCUT2D eigenvalue weighted by Crippen LogP contribution is 2.32. The average Bonchev–Trinajstić information content (AvgIpc) is 2.61. The zero-order chi connectivity index (χ0) is 8.60. The minimum Gasteiger partial charge on any atom is -0.301 e. The number of rotatable bonds is 1. The molecule has 2 rings (SSSR count). The molecule has 12 heavy (non-hydrogen) atoms. The normalized spacial score (nSPS) is 47.5. The fourth-order valence-electron chi connectivity index (χ4n) is 1.21. The Hall–Kier alpha value is 0.320. The van der Waals surface area contributed by atoms with E-state index in [0.717, 1.165) is 5.33 Å². The summed E-state index contributed by atoms with van der Waals surface area (Å²) in [4.78, 5) is 0. The van der Waals surface area contributed by atoms with Crippen LogP contribution in [0.2, 0.25) is 0 Å². The first kappa shape index (κ1) is 8.90. The fourth-order valence-corrected chi connectivity index (χ4v) is 1.53. The molecule has 2 heterocycles. The van der Waals surface area contributed by atoms with Crippen molar-refractivity contribution >= 4 is 15.9 Å². The van der Waals surface area contributed by atoms with Crippen LogP contribution < -0.4 is 0 Å². The van der Waals surface area contributed by atoms with Gasteiger partial charge in [-0.25, -0.2) is 0 Å². The Morgan fingerprint density at radius 2 is 2.08 bits per heavy atom. The maximum absolute atomic E-state index is 5.42. The average molecular weight is 239 g/mol. The monoisotopic (exact) mass is 238 g/mol. The third-order valence-electron chi connectivity index (χ3n) is 1.77. The second kappa shape index (κ2) is 3.23. The Balaban J connectivity index is 1.97. The van der Waals surface area contributed by atoms with Crippen LogP contribution in [0.25, 0.3) is 0 Å². The Labute approximate surface area is 79.2 Å². The summed E-state index contributed by atoms with van der Waals surface area (Å²) in [6.07, 6.45) is -1.13. The molecule has 0 saturated carbocycles. The summed E-state index contributed by atoms with van der Waals surface area (Å²) in [7, 11) is 0. The van der Waals surface area contributed by atoms with Crippen molar-refractivity contribution in [3.05, 3.63) is 0 Å². The molecule has 70 valence electrons. The SMILES string of the molecule is CC1COC2(OCC(CBr)O2)O1. The van der Waals surface area contributed by atoms with E-state index in [9.17, 15) is 0 Å². The summed E-state index contributed by atoms with van der Waals surface area (Å²) in [5, 5.41) is 0.732. The maximum atomic E-state index is 5.42. The first-order valence-corrected chi connectivity index (χ1v) is 5.06. The minimum atomic E-state index is -1.20. The summed E-state index contributed by atoms with van der Waals surface area (Å²) < 4.78 is 21.3. The number of halogens is 1. The maximum Gasteiger partial charge on any atom is 0.413 e. The van der Waals surface area contributed by atoms with Gasteiger partial charge in [0.25, 0.3) is 0 Å². The van der Waals surface area contributed by atoms with E-state index in [-0.39, 0.29) is 12.2 Å². The van der Waals surface area contributed by atoms with Gasteiger partial charge in [-0.1, -0.05) is 15.9 Å². The van der Waals surface area contributed by atoms with Crippen molar-refractivity contribution in [1.29, 1.82) is 0 Å². The first-order valence-electron chi connectivity index (χ1n) is 3.93. The van der Waals surface area contributed by atoms with Crippen molar-refractivity contribution in [2.24, 2.45) is 0 Å². The molecule has 0 N–H and O–H groups in total. The van der Waals surface area contributed by atoms with Crippen LogP contribution in [-0.2, 0) is 18.9 Å². The van der Waals surface area contributed by atoms with Crippen molar-refractivity contribution in [2.45, 2.75) is 25.3 Å². The first-order chi connectivity index (χ1) is 5.74. The van der Waals surface area contributed by atoms with Gasteiger partial charge in [-0.05, 0) is 6.92 Å². The van der Waals surface area contributed by atoms with Gasteiger partial charge in [0.1, 0.15) is 0 Å². The lowest BCUT2D eigenvalue weighted by Crippen LogP contribution is -2.32. The lowest BCUT2D eigenvalue weighted by Gasteiger charge is -2.18. The van der Waals surface area contributed by atoms with Crippen LogP contribution in [0, 0.1) is 0 Å². The predicted octanol–water partition coefficient (Wildman–Crippen LogP) is 0.843. The van der Waals surface area contributed by atoms with Gasteiger partial charge < -0.3 is 9.47 Å². The van der Waals surface area contributed by atoms with Crippen molar-refractivity contribution < 1.29 is 18.9 Å². The molecule has 0 aliphatic carbocycles. The molecular formula is C7H11BrO4. The predicted molar refractivity (Wildman–Crippen MR) is 43.8 cm³/mol. The summed E-state index contributed by atoms with van der Waals surface area (Å²) >= 11 is 3.31. The quantitative estimate of drug-likeness (QED) is 0.635. The van der Waals surface area contributed by atoms with Crippen LogP contribution in [0.3, 0.4) is 0 Å². The topological polar surface area (TPSA) is 36.9 Å². The van der Waals surface area contributed by atoms with Crippen molar-refractivity contribution in [3.63, 3.8) is 0 Å². The van der Waals surface area contributed by atoms with Gasteiger partial charge in [0.15, 0.2) is 0 Å². The highest BCUT2D eigenvalue weighted by atomic mass is 79.9. The Morgan fingerprint density at radius 1 is 1.33 bits per heavy atom. The lowest BCUT2D eigenvalue weighted by atomic mass is 10.5. The molecule has 0 aromatic heterocycles. The molecule has 4 nitrogen and oxygen atoms in total. The van der Waals surface area contributed by atoms with Crippen LogP contribution in [0.1, 0.15) is 6.92 Å². The Morgan fingerprint density at radius 3 is 2.58 bits per heavy atom. The van der Waals surface area contributed by atoms with E-state index in [4.69, 9.17) is 18.9 Å². The molecule has 3 unspecified atom stereocenters. The zero-order valence-electron chi connectivity index (χ0n) is 6.79. The molecular weight excluding hydrogens is 228 g/mol. The third kappa shape index (κ3) is 1.52. The summed E-state index contributed by atoms with van der Waals surface area (Å²) in [6, 6.07) is 0. The van der Waals surface area contributed by atoms with Gasteiger partial charge in [0.05, 0.1) is 25.4 Å². The van der Waals surface area contributed by atoms with E-state index in [1.807, 2.05) is 6.92 Å². The van der Waals surface area contributed by atoms with Crippen LogP contribution in [0.4, 0.5) is 0 Å². The van der Waals surface area contributed by atoms with Crippen molar-refractivity contribution in [3.8, 4) is 0 Å². The van der Waals surface area contributed by atoms with Gasteiger partial charge in [-0.3, -0.25) is 9.47 Å². The molecule has 0 aromatic carbocycles. The lowest BCUT2D eigenvalue weighted by molar-refractivity contribution is -0.429. The molecule has 2 aliphatic rings. The highest BCUT2D eigenvalue weighted by molar-refractivity contribution is 9.09. The van der Waals surface area contributed by atoms with Crippen molar-refractivity contribution in [1.82, 2.24) is 0 Å². The molecule has 0 bridgehead atoms. The summed E-state index contributed by atoms with van der Waals surface area (Å²) in [5.41, 5.74) is 0. The molecule has 2 aliphatic heterocycles. The van der Waals surface area contributed by atoms with Gasteiger partial charge in [-0.15, -0.1) is 0 Å². The van der Waals surface area contributed by atoms with Gasteiger partial charge in [-0.2, -0.15) is 0 Å². The van der Waals surface area contributed by atoms with Gasteiger partial charge >= 0.3 is 6.16 Å². The second-order valence-corrected chi connectivity index (χ2v) is 3.59. The highest BCUT2D eigenvalue weighted by Gasteiger charge is 2.50. The van der Waals surface area contributed by atoms with E-state index >= 15 is 0 Å². The standard InChI is InChI=1S/C7H11BrO4/c1-5-3-9-7(11-5)10-4-6(2-8)12-7/h5-6H,2-4H2,1H3. The molecule has 0 radical (unpaired) electrons. The van der Waals surface area contributed by atoms with Crippen molar-refractivity contribution in [2.75, 3.05) is 18.5 Å². The molecule has 5 heteroatoms. The molecule has 2 fully saturated rings. The van der Waals surface area contributed by atoms with Crippen LogP contribution in [0.5, 0.6) is 0 Å².